The summed E-state index contributed by atoms with van der Waals surface area (Å²) in [7, 11) is 1.75. The van der Waals surface area contributed by atoms with E-state index in [-0.39, 0.29) is 30.6 Å². The Labute approximate surface area is 142 Å². The van der Waals surface area contributed by atoms with Gasteiger partial charge < -0.3 is 14.9 Å². The molecule has 1 unspecified atom stereocenters. The first-order valence-corrected chi connectivity index (χ1v) is 8.26. The van der Waals surface area contributed by atoms with E-state index in [1.807, 2.05) is 30.3 Å². The fourth-order valence-electron chi connectivity index (χ4n) is 2.90. The van der Waals surface area contributed by atoms with Gasteiger partial charge in [0.2, 0.25) is 11.8 Å². The van der Waals surface area contributed by atoms with Crippen LogP contribution in [-0.2, 0) is 20.9 Å². The molecule has 1 heterocycles. The average Bonchev–Trinajstić information content (AvgIpc) is 2.56. The highest BCUT2D eigenvalue weighted by Crippen LogP contribution is 2.21. The molecule has 0 bridgehead atoms. The molecule has 1 N–H and O–H groups in total. The highest BCUT2D eigenvalue weighted by atomic mass is 16.4. The molecule has 0 aromatic heterocycles. The summed E-state index contributed by atoms with van der Waals surface area (Å²) >= 11 is 0. The molecule has 1 aromatic carbocycles. The van der Waals surface area contributed by atoms with Crippen molar-refractivity contribution in [2.45, 2.75) is 32.2 Å². The van der Waals surface area contributed by atoms with Crippen LogP contribution in [0.25, 0.3) is 0 Å². The van der Waals surface area contributed by atoms with Gasteiger partial charge >= 0.3 is 5.97 Å². The number of amides is 2. The number of carboxylic acids is 1. The van der Waals surface area contributed by atoms with Gasteiger partial charge in [-0.05, 0) is 18.4 Å². The molecule has 0 radical (unpaired) electrons. The van der Waals surface area contributed by atoms with Crippen LogP contribution in [0.5, 0.6) is 0 Å². The maximum absolute atomic E-state index is 12.8. The quantitative estimate of drug-likeness (QED) is 0.825. The summed E-state index contributed by atoms with van der Waals surface area (Å²) < 4.78 is 0. The van der Waals surface area contributed by atoms with Crippen LogP contribution in [-0.4, -0.2) is 52.8 Å². The van der Waals surface area contributed by atoms with E-state index < -0.39 is 5.97 Å². The van der Waals surface area contributed by atoms with Gasteiger partial charge in [-0.1, -0.05) is 30.3 Å². The second kappa shape index (κ2) is 8.47. The van der Waals surface area contributed by atoms with Crippen molar-refractivity contribution >= 4 is 17.8 Å². The Kier molecular flexibility index (Phi) is 6.35. The van der Waals surface area contributed by atoms with E-state index in [0.29, 0.717) is 32.5 Å². The van der Waals surface area contributed by atoms with Crippen LogP contribution in [0.15, 0.2) is 30.3 Å². The summed E-state index contributed by atoms with van der Waals surface area (Å²) in [5.41, 5.74) is 1.00. The molecule has 0 saturated carbocycles. The zero-order chi connectivity index (χ0) is 17.5. The van der Waals surface area contributed by atoms with Crippen molar-refractivity contribution in [2.24, 2.45) is 5.92 Å². The summed E-state index contributed by atoms with van der Waals surface area (Å²) in [5, 5.41) is 8.81. The van der Waals surface area contributed by atoms with Crippen molar-refractivity contribution < 1.29 is 19.5 Å². The van der Waals surface area contributed by atoms with Gasteiger partial charge in [0.15, 0.2) is 0 Å². The van der Waals surface area contributed by atoms with Gasteiger partial charge in [0.1, 0.15) is 0 Å². The first-order chi connectivity index (χ1) is 11.5. The highest BCUT2D eigenvalue weighted by Gasteiger charge is 2.31. The van der Waals surface area contributed by atoms with E-state index in [4.69, 9.17) is 5.11 Å². The largest absolute Gasteiger partial charge is 0.481 e. The average molecular weight is 332 g/mol. The summed E-state index contributed by atoms with van der Waals surface area (Å²) in [6.45, 7) is 1.42. The van der Waals surface area contributed by atoms with Crippen LogP contribution in [0.1, 0.15) is 31.2 Å². The normalized spacial score (nSPS) is 17.6. The highest BCUT2D eigenvalue weighted by molar-refractivity contribution is 5.87. The van der Waals surface area contributed by atoms with Crippen LogP contribution in [0.2, 0.25) is 0 Å². The lowest BCUT2D eigenvalue weighted by Crippen LogP contribution is -2.44. The van der Waals surface area contributed by atoms with E-state index in [0.717, 1.165) is 5.56 Å². The molecule has 0 aliphatic carbocycles. The molecule has 6 nitrogen and oxygen atoms in total. The van der Waals surface area contributed by atoms with E-state index >= 15 is 0 Å². The number of nitrogens with zero attached hydrogens (tertiary/aromatic N) is 2. The van der Waals surface area contributed by atoms with E-state index in [2.05, 4.69) is 0 Å². The summed E-state index contributed by atoms with van der Waals surface area (Å²) in [4.78, 5) is 38.8. The van der Waals surface area contributed by atoms with Crippen molar-refractivity contribution in [1.82, 2.24) is 9.80 Å². The molecule has 2 rings (SSSR count). The SMILES string of the molecule is CN1CCC(C(=O)N(CCCC(=O)O)Cc2ccccc2)CC1=O. The Morgan fingerprint density at radius 2 is 2.00 bits per heavy atom. The summed E-state index contributed by atoms with van der Waals surface area (Å²) in [5.74, 6) is -1.23. The minimum atomic E-state index is -0.864. The van der Waals surface area contributed by atoms with Crippen LogP contribution < -0.4 is 0 Å². The molecule has 0 spiro atoms. The van der Waals surface area contributed by atoms with E-state index in [9.17, 15) is 14.4 Å². The number of hydrogen-bond donors (Lipinski definition) is 1. The molecule has 1 aliphatic heterocycles. The molecule has 6 heteroatoms. The molecule has 1 aliphatic rings. The van der Waals surface area contributed by atoms with Gasteiger partial charge in [-0.3, -0.25) is 14.4 Å². The van der Waals surface area contributed by atoms with Crippen molar-refractivity contribution in [3.63, 3.8) is 0 Å². The zero-order valence-electron chi connectivity index (χ0n) is 14.0. The predicted octanol–water partition coefficient (Wildman–Crippen LogP) is 1.75. The van der Waals surface area contributed by atoms with Gasteiger partial charge in [-0.2, -0.15) is 0 Å². The molecule has 1 aromatic rings. The molecular weight excluding hydrogens is 308 g/mol. The predicted molar refractivity (Wildman–Crippen MR) is 89.1 cm³/mol. The van der Waals surface area contributed by atoms with Crippen LogP contribution in [0, 0.1) is 5.92 Å². The Morgan fingerprint density at radius 3 is 2.62 bits per heavy atom. The number of carbonyl (C=O) groups excluding carboxylic acids is 2. The topological polar surface area (TPSA) is 77.9 Å². The number of carbonyl (C=O) groups is 3. The van der Waals surface area contributed by atoms with Crippen molar-refractivity contribution in [3.8, 4) is 0 Å². The number of piperidine rings is 1. The maximum Gasteiger partial charge on any atom is 0.303 e. The smallest absolute Gasteiger partial charge is 0.303 e. The third-order valence-corrected chi connectivity index (χ3v) is 4.36. The number of aliphatic carboxylic acids is 1. The van der Waals surface area contributed by atoms with Crippen LogP contribution in [0.4, 0.5) is 0 Å². The van der Waals surface area contributed by atoms with Crippen LogP contribution in [0.3, 0.4) is 0 Å². The lowest BCUT2D eigenvalue weighted by Gasteiger charge is -2.32. The van der Waals surface area contributed by atoms with Crippen molar-refractivity contribution in [2.75, 3.05) is 20.1 Å². The van der Waals surface area contributed by atoms with Gasteiger partial charge in [0, 0.05) is 45.4 Å². The third-order valence-electron chi connectivity index (χ3n) is 4.36. The van der Waals surface area contributed by atoms with Gasteiger partial charge in [0.05, 0.1) is 0 Å². The fourth-order valence-corrected chi connectivity index (χ4v) is 2.90. The summed E-state index contributed by atoms with van der Waals surface area (Å²) in [6.07, 6.45) is 1.34. The Bertz CT molecular complexity index is 588. The Balaban J connectivity index is 2.04. The van der Waals surface area contributed by atoms with Crippen molar-refractivity contribution in [3.05, 3.63) is 35.9 Å². The third kappa shape index (κ3) is 5.08. The van der Waals surface area contributed by atoms with E-state index in [1.165, 1.54) is 0 Å². The monoisotopic (exact) mass is 332 g/mol. The minimum absolute atomic E-state index is 0.00945. The molecule has 1 atom stereocenters. The molecule has 2 amide bonds. The van der Waals surface area contributed by atoms with E-state index in [1.54, 1.807) is 16.8 Å². The number of hydrogen-bond acceptors (Lipinski definition) is 3. The van der Waals surface area contributed by atoms with Gasteiger partial charge in [-0.25, -0.2) is 0 Å². The molecule has 1 saturated heterocycles. The molecular formula is C18H24N2O4. The standard InChI is InChI=1S/C18H24N2O4/c1-19-11-9-15(12-16(19)21)18(24)20(10-5-8-17(22)23)13-14-6-3-2-4-7-14/h2-4,6-7,15H,5,8-13H2,1H3,(H,22,23). The zero-order valence-corrected chi connectivity index (χ0v) is 14.0. The lowest BCUT2D eigenvalue weighted by atomic mass is 9.94. The second-order valence-electron chi connectivity index (χ2n) is 6.25. The molecule has 1 fully saturated rings. The van der Waals surface area contributed by atoms with Gasteiger partial charge in [-0.15, -0.1) is 0 Å². The lowest BCUT2D eigenvalue weighted by molar-refractivity contribution is -0.145. The Morgan fingerprint density at radius 1 is 1.29 bits per heavy atom. The van der Waals surface area contributed by atoms with Gasteiger partial charge in [0.25, 0.3) is 0 Å². The number of carboxylic acid groups (broad SMARTS) is 1. The summed E-state index contributed by atoms with van der Waals surface area (Å²) in [6, 6.07) is 9.62. The van der Waals surface area contributed by atoms with Crippen LogP contribution >= 0.6 is 0 Å². The number of rotatable bonds is 7. The Hall–Kier alpha value is -2.37. The first kappa shape index (κ1) is 18.0. The minimum Gasteiger partial charge on any atom is -0.481 e. The second-order valence-corrected chi connectivity index (χ2v) is 6.25. The maximum atomic E-state index is 12.8. The number of likely N-dealkylation sites (tertiary alicyclic amines) is 1. The number of benzene rings is 1. The fraction of sp³-hybridized carbons (Fsp3) is 0.500. The molecule has 130 valence electrons. The van der Waals surface area contributed by atoms with Crippen molar-refractivity contribution in [1.29, 1.82) is 0 Å². The molecule has 24 heavy (non-hydrogen) atoms. The first-order valence-electron chi connectivity index (χ1n) is 8.26.